The minimum absolute atomic E-state index is 0.324. The van der Waals surface area contributed by atoms with E-state index in [1.165, 1.54) is 11.1 Å². The first kappa shape index (κ1) is 13.7. The van der Waals surface area contributed by atoms with Gasteiger partial charge in [-0.1, -0.05) is 43.3 Å². The maximum absolute atomic E-state index is 4.97. The lowest BCUT2D eigenvalue weighted by atomic mass is 10.0. The highest BCUT2D eigenvalue weighted by Gasteiger charge is 2.10. The van der Waals surface area contributed by atoms with Crippen LogP contribution in [0.5, 0.6) is 0 Å². The fourth-order valence-electron chi connectivity index (χ4n) is 2.11. The second kappa shape index (κ2) is 6.48. The highest BCUT2D eigenvalue weighted by atomic mass is 16.5. The minimum atomic E-state index is 0.324. The van der Waals surface area contributed by atoms with Crippen molar-refractivity contribution in [1.29, 1.82) is 0 Å². The van der Waals surface area contributed by atoms with Gasteiger partial charge in [0.2, 0.25) is 5.89 Å². The highest BCUT2D eigenvalue weighted by Crippen LogP contribution is 2.18. The Kier molecular flexibility index (Phi) is 4.68. The number of aromatic nitrogens is 2. The molecule has 19 heavy (non-hydrogen) atoms. The van der Waals surface area contributed by atoms with E-state index in [1.807, 2.05) is 0 Å². The van der Waals surface area contributed by atoms with Crippen molar-refractivity contribution in [3.8, 4) is 0 Å². The Morgan fingerprint density at radius 3 is 2.47 bits per heavy atom. The van der Waals surface area contributed by atoms with Crippen LogP contribution in [-0.4, -0.2) is 10.1 Å². The lowest BCUT2D eigenvalue weighted by Crippen LogP contribution is -2.21. The summed E-state index contributed by atoms with van der Waals surface area (Å²) < 4.78 is 4.97. The number of hydrogen-bond donors (Lipinski definition) is 1. The molecule has 0 saturated heterocycles. The number of nitrogens with one attached hydrogen (secondary N) is 1. The largest absolute Gasteiger partial charge is 0.340 e. The third-order valence-electron chi connectivity index (χ3n) is 3.27. The molecule has 0 aliphatic heterocycles. The van der Waals surface area contributed by atoms with Crippen molar-refractivity contribution in [2.24, 2.45) is 0 Å². The van der Waals surface area contributed by atoms with Crippen LogP contribution in [0.15, 0.2) is 28.8 Å². The summed E-state index contributed by atoms with van der Waals surface area (Å²) >= 11 is 0. The SMILES string of the molecule is CCc1ccc(C(CC)NCc2noc(C)n2)cc1. The van der Waals surface area contributed by atoms with Gasteiger partial charge in [0.1, 0.15) is 0 Å². The quantitative estimate of drug-likeness (QED) is 0.865. The molecule has 1 unspecified atom stereocenters. The van der Waals surface area contributed by atoms with Crippen LogP contribution in [0.3, 0.4) is 0 Å². The molecule has 0 fully saturated rings. The second-order valence-corrected chi connectivity index (χ2v) is 4.67. The van der Waals surface area contributed by atoms with E-state index in [1.54, 1.807) is 6.92 Å². The zero-order valence-electron chi connectivity index (χ0n) is 11.8. The Morgan fingerprint density at radius 1 is 1.21 bits per heavy atom. The summed E-state index contributed by atoms with van der Waals surface area (Å²) in [5.74, 6) is 1.32. The van der Waals surface area contributed by atoms with Gasteiger partial charge >= 0.3 is 0 Å². The lowest BCUT2D eigenvalue weighted by Gasteiger charge is -2.16. The van der Waals surface area contributed by atoms with E-state index in [-0.39, 0.29) is 0 Å². The molecule has 4 nitrogen and oxygen atoms in total. The first-order valence-corrected chi connectivity index (χ1v) is 6.84. The van der Waals surface area contributed by atoms with Crippen LogP contribution in [0.2, 0.25) is 0 Å². The summed E-state index contributed by atoms with van der Waals surface area (Å²) in [5, 5.41) is 7.36. The number of aryl methyl sites for hydroxylation is 2. The standard InChI is InChI=1S/C15H21N3O/c1-4-12-6-8-13(9-7-12)14(5-2)16-10-15-17-11(3)19-18-15/h6-9,14,16H,4-5,10H2,1-3H3. The molecule has 0 aliphatic carbocycles. The van der Waals surface area contributed by atoms with Gasteiger partial charge in [0.15, 0.2) is 5.82 Å². The normalized spacial score (nSPS) is 12.6. The molecule has 4 heteroatoms. The molecule has 0 aliphatic rings. The van der Waals surface area contributed by atoms with Crippen LogP contribution in [0.25, 0.3) is 0 Å². The van der Waals surface area contributed by atoms with Crippen LogP contribution in [0, 0.1) is 6.92 Å². The van der Waals surface area contributed by atoms with Crippen molar-refractivity contribution in [3.05, 3.63) is 47.1 Å². The Morgan fingerprint density at radius 2 is 1.95 bits per heavy atom. The van der Waals surface area contributed by atoms with Crippen molar-refractivity contribution in [3.63, 3.8) is 0 Å². The van der Waals surface area contributed by atoms with Gasteiger partial charge in [0.05, 0.1) is 6.54 Å². The first-order valence-electron chi connectivity index (χ1n) is 6.84. The van der Waals surface area contributed by atoms with Crippen molar-refractivity contribution in [2.75, 3.05) is 0 Å². The molecule has 0 radical (unpaired) electrons. The van der Waals surface area contributed by atoms with Crippen molar-refractivity contribution >= 4 is 0 Å². The monoisotopic (exact) mass is 259 g/mol. The molecule has 1 aromatic heterocycles. The van der Waals surface area contributed by atoms with Gasteiger partial charge in [-0.15, -0.1) is 0 Å². The number of benzene rings is 1. The third kappa shape index (κ3) is 3.64. The predicted octanol–water partition coefficient (Wildman–Crippen LogP) is 3.18. The van der Waals surface area contributed by atoms with Crippen molar-refractivity contribution < 1.29 is 4.52 Å². The van der Waals surface area contributed by atoms with Gasteiger partial charge < -0.3 is 9.84 Å². The van der Waals surface area contributed by atoms with E-state index in [2.05, 4.69) is 53.6 Å². The fourth-order valence-corrected chi connectivity index (χ4v) is 2.11. The third-order valence-corrected chi connectivity index (χ3v) is 3.27. The van der Waals surface area contributed by atoms with Gasteiger partial charge in [0.25, 0.3) is 0 Å². The van der Waals surface area contributed by atoms with Gasteiger partial charge in [-0.2, -0.15) is 4.98 Å². The summed E-state index contributed by atoms with van der Waals surface area (Å²) in [4.78, 5) is 4.20. The smallest absolute Gasteiger partial charge is 0.223 e. The zero-order chi connectivity index (χ0) is 13.7. The molecule has 2 rings (SSSR count). The molecule has 0 amide bonds. The molecular weight excluding hydrogens is 238 g/mol. The maximum Gasteiger partial charge on any atom is 0.223 e. The van der Waals surface area contributed by atoms with E-state index in [4.69, 9.17) is 4.52 Å². The van der Waals surface area contributed by atoms with E-state index >= 15 is 0 Å². The summed E-state index contributed by atoms with van der Waals surface area (Å²) in [6.07, 6.45) is 2.11. The zero-order valence-corrected chi connectivity index (χ0v) is 11.8. The predicted molar refractivity (Wildman–Crippen MR) is 74.7 cm³/mol. The molecule has 1 N–H and O–H groups in total. The van der Waals surface area contributed by atoms with Crippen molar-refractivity contribution in [1.82, 2.24) is 15.5 Å². The van der Waals surface area contributed by atoms with Gasteiger partial charge in [0, 0.05) is 13.0 Å². The van der Waals surface area contributed by atoms with E-state index in [0.717, 1.165) is 12.8 Å². The van der Waals surface area contributed by atoms with Gasteiger partial charge in [-0.25, -0.2) is 0 Å². The van der Waals surface area contributed by atoms with Gasteiger partial charge in [-0.3, -0.25) is 0 Å². The Labute approximate surface area is 114 Å². The molecule has 1 aromatic carbocycles. The second-order valence-electron chi connectivity index (χ2n) is 4.67. The van der Waals surface area contributed by atoms with Gasteiger partial charge in [-0.05, 0) is 24.0 Å². The summed E-state index contributed by atoms with van der Waals surface area (Å²) in [5.41, 5.74) is 2.67. The van der Waals surface area contributed by atoms with Crippen LogP contribution < -0.4 is 5.32 Å². The van der Waals surface area contributed by atoms with Crippen LogP contribution >= 0.6 is 0 Å². The average molecular weight is 259 g/mol. The molecule has 1 atom stereocenters. The van der Waals surface area contributed by atoms with Crippen LogP contribution in [-0.2, 0) is 13.0 Å². The van der Waals surface area contributed by atoms with Crippen LogP contribution in [0.4, 0.5) is 0 Å². The van der Waals surface area contributed by atoms with E-state index in [0.29, 0.717) is 24.3 Å². The highest BCUT2D eigenvalue weighted by molar-refractivity contribution is 5.25. The Hall–Kier alpha value is -1.68. The van der Waals surface area contributed by atoms with E-state index in [9.17, 15) is 0 Å². The molecule has 0 spiro atoms. The molecule has 2 aromatic rings. The minimum Gasteiger partial charge on any atom is -0.340 e. The molecule has 1 heterocycles. The molecular formula is C15H21N3O. The Bertz CT molecular complexity index is 504. The van der Waals surface area contributed by atoms with Crippen LogP contribution in [0.1, 0.15) is 49.2 Å². The number of hydrogen-bond acceptors (Lipinski definition) is 4. The van der Waals surface area contributed by atoms with Crippen molar-refractivity contribution in [2.45, 2.75) is 46.2 Å². The summed E-state index contributed by atoms with van der Waals surface area (Å²) in [6.45, 7) is 6.78. The Balaban J connectivity index is 1.98. The fraction of sp³-hybridized carbons (Fsp3) is 0.467. The molecule has 0 bridgehead atoms. The molecule has 0 saturated carbocycles. The first-order chi connectivity index (χ1) is 9.22. The maximum atomic E-state index is 4.97. The average Bonchev–Trinajstić information content (AvgIpc) is 2.86. The summed E-state index contributed by atoms with van der Waals surface area (Å²) in [6, 6.07) is 9.10. The molecule has 102 valence electrons. The number of nitrogens with zero attached hydrogens (tertiary/aromatic N) is 2. The lowest BCUT2D eigenvalue weighted by molar-refractivity contribution is 0.383. The van der Waals surface area contributed by atoms with E-state index < -0.39 is 0 Å². The topological polar surface area (TPSA) is 51.0 Å². The number of rotatable bonds is 6. The summed E-state index contributed by atoms with van der Waals surface area (Å²) in [7, 11) is 0.